The molecule has 1 aromatic carbocycles. The number of hydrogen-bond donors (Lipinski definition) is 2. The molecule has 2 heterocycles. The zero-order valence-electron chi connectivity index (χ0n) is 16.5. The van der Waals surface area contributed by atoms with Gasteiger partial charge in [0.15, 0.2) is 6.10 Å². The highest BCUT2D eigenvalue weighted by Crippen LogP contribution is 2.20. The summed E-state index contributed by atoms with van der Waals surface area (Å²) in [5.41, 5.74) is 5.85. The van der Waals surface area contributed by atoms with Crippen LogP contribution in [0.1, 0.15) is 31.1 Å². The first-order valence-corrected chi connectivity index (χ1v) is 9.59. The monoisotopic (exact) mass is 399 g/mol. The molecule has 8 heteroatoms. The molecule has 0 radical (unpaired) electrons. The molecule has 154 valence electrons. The number of furan rings is 1. The molecule has 0 bridgehead atoms. The Morgan fingerprint density at radius 1 is 1.28 bits per heavy atom. The van der Waals surface area contributed by atoms with Crippen LogP contribution in [-0.4, -0.2) is 35.3 Å². The molecule has 0 saturated carbocycles. The molecule has 2 unspecified atom stereocenters. The van der Waals surface area contributed by atoms with Gasteiger partial charge in [-0.2, -0.15) is 0 Å². The Morgan fingerprint density at radius 2 is 2.10 bits per heavy atom. The Labute approximate surface area is 169 Å². The van der Waals surface area contributed by atoms with Crippen LogP contribution in [0.25, 0.3) is 0 Å². The molecule has 2 N–H and O–H groups in total. The van der Waals surface area contributed by atoms with Gasteiger partial charge in [0.05, 0.1) is 18.7 Å². The van der Waals surface area contributed by atoms with Crippen molar-refractivity contribution in [1.29, 1.82) is 0 Å². The normalized spacial score (nSPS) is 17.1. The molecule has 3 rings (SSSR count). The number of carbonyl (C=O) groups is 3. The van der Waals surface area contributed by atoms with Crippen molar-refractivity contribution in [3.05, 3.63) is 54.0 Å². The molecule has 2 aromatic rings. The van der Waals surface area contributed by atoms with Crippen molar-refractivity contribution in [2.24, 2.45) is 5.92 Å². The summed E-state index contributed by atoms with van der Waals surface area (Å²) < 4.78 is 11.0. The minimum atomic E-state index is -0.738. The molecule has 29 heavy (non-hydrogen) atoms. The summed E-state index contributed by atoms with van der Waals surface area (Å²) in [6.07, 6.45) is 1.34. The lowest BCUT2D eigenvalue weighted by molar-refractivity contribution is -0.134. The SMILES string of the molecule is CCC(Oc1cccc(C)c1)C(=O)NNC(=O)C1CC(=O)N(Cc2ccco2)C1. The van der Waals surface area contributed by atoms with E-state index < -0.39 is 23.8 Å². The predicted octanol–water partition coefficient (Wildman–Crippen LogP) is 1.94. The van der Waals surface area contributed by atoms with Gasteiger partial charge in [-0.15, -0.1) is 0 Å². The first kappa shape index (κ1) is 20.4. The Kier molecular flexibility index (Phi) is 6.54. The number of amides is 3. The minimum Gasteiger partial charge on any atom is -0.481 e. The number of carbonyl (C=O) groups excluding carboxylic acids is 3. The molecule has 1 aromatic heterocycles. The Hall–Kier alpha value is -3.29. The fourth-order valence-corrected chi connectivity index (χ4v) is 3.17. The second-order valence-electron chi connectivity index (χ2n) is 7.06. The van der Waals surface area contributed by atoms with Crippen molar-refractivity contribution in [2.45, 2.75) is 39.3 Å². The van der Waals surface area contributed by atoms with Gasteiger partial charge in [0.25, 0.3) is 5.91 Å². The number of hydrazine groups is 1. The van der Waals surface area contributed by atoms with Gasteiger partial charge >= 0.3 is 0 Å². The van der Waals surface area contributed by atoms with Crippen molar-refractivity contribution in [3.8, 4) is 5.75 Å². The van der Waals surface area contributed by atoms with Crippen LogP contribution in [0.4, 0.5) is 0 Å². The standard InChI is InChI=1S/C21H25N3O5/c1-3-18(29-16-7-4-6-14(2)10-16)21(27)23-22-20(26)15-11-19(25)24(12-15)13-17-8-5-9-28-17/h4-10,15,18H,3,11-13H2,1-2H3,(H,22,26)(H,23,27). The fourth-order valence-electron chi connectivity index (χ4n) is 3.17. The van der Waals surface area contributed by atoms with E-state index in [9.17, 15) is 14.4 Å². The maximum Gasteiger partial charge on any atom is 0.279 e. The lowest BCUT2D eigenvalue weighted by Gasteiger charge is -2.19. The summed E-state index contributed by atoms with van der Waals surface area (Å²) in [5.74, 6) is -0.254. The molecule has 1 aliphatic heterocycles. The maximum absolute atomic E-state index is 12.4. The van der Waals surface area contributed by atoms with Crippen molar-refractivity contribution in [1.82, 2.24) is 15.8 Å². The van der Waals surface area contributed by atoms with E-state index in [0.29, 0.717) is 24.5 Å². The van der Waals surface area contributed by atoms with Crippen LogP contribution in [0.2, 0.25) is 0 Å². The van der Waals surface area contributed by atoms with Crippen molar-refractivity contribution in [3.63, 3.8) is 0 Å². The smallest absolute Gasteiger partial charge is 0.279 e. The average Bonchev–Trinajstić information content (AvgIpc) is 3.34. The molecule has 1 saturated heterocycles. The largest absolute Gasteiger partial charge is 0.481 e. The Morgan fingerprint density at radius 3 is 2.79 bits per heavy atom. The summed E-state index contributed by atoms with van der Waals surface area (Å²) in [4.78, 5) is 38.5. The highest BCUT2D eigenvalue weighted by molar-refractivity contribution is 5.91. The number of hydrogen-bond acceptors (Lipinski definition) is 5. The Balaban J connectivity index is 1.48. The lowest BCUT2D eigenvalue weighted by Crippen LogP contribution is -2.50. The van der Waals surface area contributed by atoms with E-state index in [4.69, 9.17) is 9.15 Å². The van der Waals surface area contributed by atoms with Gasteiger partial charge in [0, 0.05) is 13.0 Å². The first-order valence-electron chi connectivity index (χ1n) is 9.59. The number of likely N-dealkylation sites (tertiary alicyclic amines) is 1. The summed E-state index contributed by atoms with van der Waals surface area (Å²) in [6, 6.07) is 10.9. The summed E-state index contributed by atoms with van der Waals surface area (Å²) in [7, 11) is 0. The quantitative estimate of drug-likeness (QED) is 0.693. The molecule has 8 nitrogen and oxygen atoms in total. The number of nitrogens with zero attached hydrogens (tertiary/aromatic N) is 1. The average molecular weight is 399 g/mol. The van der Waals surface area contributed by atoms with E-state index >= 15 is 0 Å². The molecular weight excluding hydrogens is 374 g/mol. The first-order chi connectivity index (χ1) is 14.0. The van der Waals surface area contributed by atoms with E-state index in [1.54, 1.807) is 29.4 Å². The van der Waals surface area contributed by atoms with Crippen LogP contribution in [0.3, 0.4) is 0 Å². The zero-order valence-corrected chi connectivity index (χ0v) is 16.5. The van der Waals surface area contributed by atoms with Gasteiger partial charge in [-0.05, 0) is 43.2 Å². The molecule has 1 fully saturated rings. The third kappa shape index (κ3) is 5.37. The fraction of sp³-hybridized carbons (Fsp3) is 0.381. The third-order valence-corrected chi connectivity index (χ3v) is 4.75. The van der Waals surface area contributed by atoms with Crippen LogP contribution >= 0.6 is 0 Å². The second kappa shape index (κ2) is 9.27. The molecule has 3 amide bonds. The van der Waals surface area contributed by atoms with Crippen molar-refractivity contribution >= 4 is 17.7 Å². The van der Waals surface area contributed by atoms with Gasteiger partial charge < -0.3 is 14.1 Å². The summed E-state index contributed by atoms with van der Waals surface area (Å²) >= 11 is 0. The highest BCUT2D eigenvalue weighted by atomic mass is 16.5. The molecule has 1 aliphatic rings. The third-order valence-electron chi connectivity index (χ3n) is 4.75. The second-order valence-corrected chi connectivity index (χ2v) is 7.06. The van der Waals surface area contributed by atoms with Gasteiger partial charge in [-0.1, -0.05) is 19.1 Å². The minimum absolute atomic E-state index is 0.0966. The van der Waals surface area contributed by atoms with Crippen LogP contribution in [0.5, 0.6) is 5.75 Å². The highest BCUT2D eigenvalue weighted by Gasteiger charge is 2.35. The van der Waals surface area contributed by atoms with Crippen molar-refractivity contribution in [2.75, 3.05) is 6.54 Å². The molecule has 0 spiro atoms. The number of benzene rings is 1. The molecule has 0 aliphatic carbocycles. The number of nitrogens with one attached hydrogen (secondary N) is 2. The van der Waals surface area contributed by atoms with Crippen molar-refractivity contribution < 1.29 is 23.5 Å². The van der Waals surface area contributed by atoms with E-state index in [1.807, 2.05) is 32.0 Å². The topological polar surface area (TPSA) is 101 Å². The van der Waals surface area contributed by atoms with E-state index in [0.717, 1.165) is 5.56 Å². The number of aryl methyl sites for hydroxylation is 1. The maximum atomic E-state index is 12.4. The molecular formula is C21H25N3O5. The predicted molar refractivity (Wildman–Crippen MR) is 104 cm³/mol. The molecule has 2 atom stereocenters. The van der Waals surface area contributed by atoms with Gasteiger partial charge in [-0.25, -0.2) is 0 Å². The van der Waals surface area contributed by atoms with E-state index in [1.165, 1.54) is 0 Å². The van der Waals surface area contributed by atoms with Crippen LogP contribution in [0.15, 0.2) is 47.1 Å². The van der Waals surface area contributed by atoms with E-state index in [2.05, 4.69) is 10.9 Å². The summed E-state index contributed by atoms with van der Waals surface area (Å²) in [5, 5.41) is 0. The van der Waals surface area contributed by atoms with Gasteiger partial charge in [0.1, 0.15) is 11.5 Å². The van der Waals surface area contributed by atoms with Crippen LogP contribution in [0, 0.1) is 12.8 Å². The summed E-state index contributed by atoms with van der Waals surface area (Å²) in [6.45, 7) is 4.36. The van der Waals surface area contributed by atoms with Crippen LogP contribution in [-0.2, 0) is 20.9 Å². The number of rotatable bonds is 7. The van der Waals surface area contributed by atoms with Gasteiger partial charge in [-0.3, -0.25) is 25.2 Å². The van der Waals surface area contributed by atoms with Crippen LogP contribution < -0.4 is 15.6 Å². The Bertz CT molecular complexity index is 865. The number of ether oxygens (including phenoxy) is 1. The van der Waals surface area contributed by atoms with E-state index in [-0.39, 0.29) is 18.9 Å². The zero-order chi connectivity index (χ0) is 20.8. The van der Waals surface area contributed by atoms with Gasteiger partial charge in [0.2, 0.25) is 11.8 Å². The lowest BCUT2D eigenvalue weighted by atomic mass is 10.1.